The van der Waals surface area contributed by atoms with E-state index in [1.54, 1.807) is 16.9 Å². The zero-order chi connectivity index (χ0) is 12.8. The lowest BCUT2D eigenvalue weighted by atomic mass is 10.1. The number of tetrazole rings is 1. The van der Waals surface area contributed by atoms with Crippen molar-refractivity contribution in [1.82, 2.24) is 25.5 Å². The zero-order valence-corrected chi connectivity index (χ0v) is 10.3. The first kappa shape index (κ1) is 12.6. The number of benzene rings is 1. The molecule has 18 heavy (non-hydrogen) atoms. The number of hydrogen-bond acceptors (Lipinski definition) is 4. The first-order valence-corrected chi connectivity index (χ1v) is 5.93. The van der Waals surface area contributed by atoms with Crippen molar-refractivity contribution in [2.75, 3.05) is 13.6 Å². The molecule has 6 heteroatoms. The van der Waals surface area contributed by atoms with Gasteiger partial charge in [0.1, 0.15) is 5.82 Å². The first-order chi connectivity index (χ1) is 8.78. The second-order valence-corrected chi connectivity index (χ2v) is 4.03. The topological polar surface area (TPSA) is 55.6 Å². The molecule has 0 aliphatic heterocycles. The van der Waals surface area contributed by atoms with E-state index in [2.05, 4.69) is 20.7 Å². The Kier molecular flexibility index (Phi) is 4.35. The van der Waals surface area contributed by atoms with Crippen LogP contribution >= 0.6 is 0 Å². The van der Waals surface area contributed by atoms with Crippen molar-refractivity contribution in [2.24, 2.45) is 0 Å². The van der Waals surface area contributed by atoms with Crippen molar-refractivity contribution < 1.29 is 4.39 Å². The number of aromatic nitrogens is 4. The van der Waals surface area contributed by atoms with Crippen molar-refractivity contribution in [3.8, 4) is 0 Å². The van der Waals surface area contributed by atoms with Crippen LogP contribution in [0.4, 0.5) is 4.39 Å². The molecule has 1 N–H and O–H groups in total. The molecule has 0 fully saturated rings. The van der Waals surface area contributed by atoms with E-state index in [1.165, 1.54) is 12.1 Å². The van der Waals surface area contributed by atoms with E-state index in [1.807, 2.05) is 7.05 Å². The Morgan fingerprint density at radius 2 is 2.00 bits per heavy atom. The minimum Gasteiger partial charge on any atom is -0.318 e. The van der Waals surface area contributed by atoms with Crippen LogP contribution < -0.4 is 5.32 Å². The fourth-order valence-corrected chi connectivity index (χ4v) is 1.59. The molecule has 1 heterocycles. The molecule has 2 rings (SSSR count). The minimum atomic E-state index is -0.213. The molecule has 0 aliphatic rings. The summed E-state index contributed by atoms with van der Waals surface area (Å²) < 4.78 is 12.7. The number of likely N-dealkylation sites (N-methyl/N-ethyl adjacent to an activating group) is 1. The number of aryl methyl sites for hydroxylation is 2. The van der Waals surface area contributed by atoms with Gasteiger partial charge in [0.05, 0.1) is 6.54 Å². The van der Waals surface area contributed by atoms with Gasteiger partial charge in [-0.15, -0.1) is 10.2 Å². The van der Waals surface area contributed by atoms with E-state index in [9.17, 15) is 4.39 Å². The predicted molar refractivity (Wildman–Crippen MR) is 65.6 cm³/mol. The molecule has 1 aromatic carbocycles. The van der Waals surface area contributed by atoms with E-state index in [4.69, 9.17) is 0 Å². The molecule has 2 aromatic rings. The van der Waals surface area contributed by atoms with Gasteiger partial charge in [-0.25, -0.2) is 4.39 Å². The van der Waals surface area contributed by atoms with Gasteiger partial charge in [0.2, 0.25) is 0 Å². The predicted octanol–water partition coefficient (Wildman–Crippen LogP) is 0.817. The second-order valence-electron chi connectivity index (χ2n) is 4.03. The maximum absolute atomic E-state index is 12.7. The normalized spacial score (nSPS) is 10.8. The molecule has 1 aromatic heterocycles. The lowest BCUT2D eigenvalue weighted by molar-refractivity contribution is 0.505. The van der Waals surface area contributed by atoms with E-state index in [0.29, 0.717) is 13.0 Å². The average Bonchev–Trinajstić information content (AvgIpc) is 2.84. The third kappa shape index (κ3) is 3.59. The molecule has 5 nitrogen and oxygen atoms in total. The quantitative estimate of drug-likeness (QED) is 0.823. The van der Waals surface area contributed by atoms with Gasteiger partial charge in [-0.1, -0.05) is 12.1 Å². The van der Waals surface area contributed by atoms with Crippen molar-refractivity contribution >= 4 is 0 Å². The van der Waals surface area contributed by atoms with E-state index in [0.717, 1.165) is 24.4 Å². The van der Waals surface area contributed by atoms with Crippen molar-refractivity contribution in [3.05, 3.63) is 41.5 Å². The zero-order valence-electron chi connectivity index (χ0n) is 10.3. The van der Waals surface area contributed by atoms with Gasteiger partial charge in [0, 0.05) is 13.0 Å². The summed E-state index contributed by atoms with van der Waals surface area (Å²) >= 11 is 0. The van der Waals surface area contributed by atoms with E-state index in [-0.39, 0.29) is 5.82 Å². The Labute approximate surface area is 105 Å². The molecule has 0 spiro atoms. The maximum atomic E-state index is 12.7. The van der Waals surface area contributed by atoms with Crippen LogP contribution in [-0.4, -0.2) is 33.8 Å². The fraction of sp³-hybridized carbons (Fsp3) is 0.417. The maximum Gasteiger partial charge on any atom is 0.175 e. The summed E-state index contributed by atoms with van der Waals surface area (Å²) in [4.78, 5) is 1.58. The van der Waals surface area contributed by atoms with Crippen LogP contribution in [0.2, 0.25) is 0 Å². The second kappa shape index (κ2) is 6.20. The summed E-state index contributed by atoms with van der Waals surface area (Å²) in [5.41, 5.74) is 1.07. The minimum absolute atomic E-state index is 0.213. The largest absolute Gasteiger partial charge is 0.318 e. The highest BCUT2D eigenvalue weighted by molar-refractivity contribution is 5.16. The lowest BCUT2D eigenvalue weighted by Gasteiger charge is -1.98. The van der Waals surface area contributed by atoms with Gasteiger partial charge < -0.3 is 5.32 Å². The summed E-state index contributed by atoms with van der Waals surface area (Å²) in [7, 11) is 1.88. The van der Waals surface area contributed by atoms with Crippen LogP contribution in [0.25, 0.3) is 0 Å². The summed E-state index contributed by atoms with van der Waals surface area (Å²) in [5, 5.41) is 15.2. The summed E-state index contributed by atoms with van der Waals surface area (Å²) in [5.74, 6) is 0.505. The summed E-state index contributed by atoms with van der Waals surface area (Å²) in [6.45, 7) is 1.52. The molecule has 0 amide bonds. The molecular formula is C12H16FN5. The van der Waals surface area contributed by atoms with E-state index >= 15 is 0 Å². The first-order valence-electron chi connectivity index (χ1n) is 5.93. The van der Waals surface area contributed by atoms with E-state index < -0.39 is 0 Å². The van der Waals surface area contributed by atoms with Crippen LogP contribution in [0.1, 0.15) is 11.4 Å². The number of hydrogen-bond donors (Lipinski definition) is 1. The highest BCUT2D eigenvalue weighted by Gasteiger charge is 2.03. The van der Waals surface area contributed by atoms with Gasteiger partial charge in [-0.3, -0.25) is 0 Å². The molecule has 0 unspecified atom stereocenters. The third-order valence-corrected chi connectivity index (χ3v) is 2.61. The number of nitrogens with zero attached hydrogens (tertiary/aromatic N) is 4. The molecule has 0 bridgehead atoms. The fourth-order valence-electron chi connectivity index (χ4n) is 1.59. The van der Waals surface area contributed by atoms with Crippen LogP contribution in [0.15, 0.2) is 24.3 Å². The van der Waals surface area contributed by atoms with Gasteiger partial charge in [-0.05, 0) is 36.4 Å². The molecule has 0 saturated carbocycles. The number of halogens is 1. The van der Waals surface area contributed by atoms with Gasteiger partial charge in [-0.2, -0.15) is 4.80 Å². The Morgan fingerprint density at radius 3 is 2.72 bits per heavy atom. The Balaban J connectivity index is 1.86. The molecule has 0 saturated heterocycles. The van der Waals surface area contributed by atoms with Crippen molar-refractivity contribution in [2.45, 2.75) is 19.4 Å². The van der Waals surface area contributed by atoms with Crippen molar-refractivity contribution in [1.29, 1.82) is 0 Å². The monoisotopic (exact) mass is 249 g/mol. The highest BCUT2D eigenvalue weighted by Crippen LogP contribution is 2.05. The Bertz CT molecular complexity index is 479. The molecule has 0 radical (unpaired) electrons. The molecule has 96 valence electrons. The van der Waals surface area contributed by atoms with Gasteiger partial charge in [0.15, 0.2) is 5.82 Å². The molecule has 0 aliphatic carbocycles. The smallest absolute Gasteiger partial charge is 0.175 e. The van der Waals surface area contributed by atoms with Crippen LogP contribution in [0.3, 0.4) is 0 Å². The number of rotatable bonds is 6. The lowest BCUT2D eigenvalue weighted by Crippen LogP contribution is -2.16. The molecule has 0 atom stereocenters. The SMILES string of the molecule is CNCCn1nnc(CCc2ccc(F)cc2)n1. The number of nitrogens with one attached hydrogen (secondary N) is 1. The molecular weight excluding hydrogens is 233 g/mol. The third-order valence-electron chi connectivity index (χ3n) is 2.61. The van der Waals surface area contributed by atoms with Crippen molar-refractivity contribution in [3.63, 3.8) is 0 Å². The highest BCUT2D eigenvalue weighted by atomic mass is 19.1. The average molecular weight is 249 g/mol. The summed E-state index contributed by atoms with van der Waals surface area (Å²) in [6, 6.07) is 6.49. The Morgan fingerprint density at radius 1 is 1.22 bits per heavy atom. The van der Waals surface area contributed by atoms with Gasteiger partial charge in [0.25, 0.3) is 0 Å². The van der Waals surface area contributed by atoms with Crippen LogP contribution in [0.5, 0.6) is 0 Å². The van der Waals surface area contributed by atoms with Gasteiger partial charge >= 0.3 is 0 Å². The van der Waals surface area contributed by atoms with Crippen LogP contribution in [-0.2, 0) is 19.4 Å². The Hall–Kier alpha value is -1.82. The standard InChI is InChI=1S/C12H16FN5/c1-14-8-9-18-16-12(15-17-18)7-4-10-2-5-11(13)6-3-10/h2-3,5-6,14H,4,7-9H2,1H3. The van der Waals surface area contributed by atoms with Crippen LogP contribution in [0, 0.1) is 5.82 Å². The summed E-state index contributed by atoms with van der Waals surface area (Å²) in [6.07, 6.45) is 1.50.